The number of nitrogens with one attached hydrogen (secondary N) is 1. The second kappa shape index (κ2) is 11.3. The number of likely N-dealkylation sites (N-methyl/N-ethyl adjacent to an activating group) is 1. The predicted molar refractivity (Wildman–Crippen MR) is 166 cm³/mol. The minimum atomic E-state index is -0.774. The van der Waals surface area contributed by atoms with E-state index in [4.69, 9.17) is 25.8 Å². The average Bonchev–Trinajstić information content (AvgIpc) is 3.67. The molecule has 1 saturated heterocycles. The fraction of sp³-hybridized carbons (Fsp3) is 0.419. The smallest absolute Gasteiger partial charge is 0.412 e. The van der Waals surface area contributed by atoms with E-state index in [1.165, 1.54) is 6.07 Å². The van der Waals surface area contributed by atoms with Gasteiger partial charge in [-0.05, 0) is 76.9 Å². The van der Waals surface area contributed by atoms with Crippen molar-refractivity contribution < 1.29 is 28.5 Å². The van der Waals surface area contributed by atoms with Gasteiger partial charge in [0.2, 0.25) is 5.88 Å². The Kier molecular flexibility index (Phi) is 7.78. The third-order valence-electron chi connectivity index (χ3n) is 7.95. The molecule has 6 rings (SSSR count). The number of anilines is 1. The van der Waals surface area contributed by atoms with E-state index < -0.39 is 17.5 Å². The first-order valence-corrected chi connectivity index (χ1v) is 15.4. The largest absolute Gasteiger partial charge is 0.493 e. The molecule has 2 N–H and O–H groups in total. The summed E-state index contributed by atoms with van der Waals surface area (Å²) < 4.78 is 32.7. The lowest BCUT2D eigenvalue weighted by Gasteiger charge is -2.26. The molecule has 0 aliphatic carbocycles. The van der Waals surface area contributed by atoms with E-state index in [1.54, 1.807) is 26.8 Å². The molecule has 0 unspecified atom stereocenters. The highest BCUT2D eigenvalue weighted by Gasteiger charge is 2.32. The molecule has 4 heterocycles. The molecule has 1 fully saturated rings. The molecular formula is C31H31ClFN5O5S. The van der Waals surface area contributed by atoms with E-state index in [1.807, 2.05) is 14.0 Å². The Morgan fingerprint density at radius 2 is 2.05 bits per heavy atom. The Hall–Kier alpha value is -3.76. The Bertz CT molecular complexity index is 1870. The number of amides is 1. The van der Waals surface area contributed by atoms with E-state index in [0.29, 0.717) is 27.6 Å². The number of hydrogen-bond acceptors (Lipinski definition) is 10. The SMILES string of the molecule is C[C@H](Oc1nc(O)c2c3c(c(-c4ccc(F)c5sc(NC(=O)OC(C)(C)C)c(C#N)c45)c(Cl)c2n1)COC3)[C@@H]1CCCN1C. The standard InChI is InChI=1S/C31H31ClFN5O5S/c1-14(20-7-6-10-38(20)5)42-29-35-25-23(27(39)36-29)18-13-41-12-17(18)21(24(25)32)15-8-9-19(33)26-22(15)16(11-34)28(44-26)37-30(40)43-31(2,3)4/h8-9,14,20H,6-7,10,12-13H2,1-5H3,(H,37,40)(H,35,36,39)/t14-,20-/m0/s1. The van der Waals surface area contributed by atoms with Crippen LogP contribution in [0.15, 0.2) is 12.1 Å². The molecule has 2 atom stereocenters. The average molecular weight is 640 g/mol. The Balaban J connectivity index is 1.52. The van der Waals surface area contributed by atoms with Crippen LogP contribution in [0.5, 0.6) is 11.9 Å². The molecule has 0 saturated carbocycles. The van der Waals surface area contributed by atoms with Gasteiger partial charge in [0.25, 0.3) is 0 Å². The van der Waals surface area contributed by atoms with Crippen molar-refractivity contribution in [2.24, 2.45) is 0 Å². The van der Waals surface area contributed by atoms with Gasteiger partial charge >= 0.3 is 12.1 Å². The lowest BCUT2D eigenvalue weighted by molar-refractivity contribution is 0.0636. The lowest BCUT2D eigenvalue weighted by atomic mass is 9.91. The van der Waals surface area contributed by atoms with Gasteiger partial charge < -0.3 is 19.3 Å². The molecule has 44 heavy (non-hydrogen) atoms. The summed E-state index contributed by atoms with van der Waals surface area (Å²) in [5.74, 6) is -0.845. The van der Waals surface area contributed by atoms with Gasteiger partial charge in [0, 0.05) is 17.0 Å². The number of fused-ring (bicyclic) bond motifs is 4. The highest BCUT2D eigenvalue weighted by molar-refractivity contribution is 7.23. The summed E-state index contributed by atoms with van der Waals surface area (Å²) in [7, 11) is 2.04. The van der Waals surface area contributed by atoms with Crippen molar-refractivity contribution in [2.45, 2.75) is 71.5 Å². The molecule has 2 aliphatic rings. The van der Waals surface area contributed by atoms with Gasteiger partial charge in [0.05, 0.1) is 33.9 Å². The topological polar surface area (TPSA) is 130 Å². The summed E-state index contributed by atoms with van der Waals surface area (Å²) in [5.41, 5.74) is 1.80. The lowest BCUT2D eigenvalue weighted by Crippen LogP contribution is -2.38. The van der Waals surface area contributed by atoms with Gasteiger partial charge in [-0.1, -0.05) is 17.7 Å². The van der Waals surface area contributed by atoms with Gasteiger partial charge in [0.15, 0.2) is 0 Å². The van der Waals surface area contributed by atoms with Crippen LogP contribution >= 0.6 is 22.9 Å². The van der Waals surface area contributed by atoms with Crippen molar-refractivity contribution in [2.75, 3.05) is 18.9 Å². The maximum Gasteiger partial charge on any atom is 0.412 e. The number of carbonyl (C=O) groups is 1. The van der Waals surface area contributed by atoms with Crippen LogP contribution in [0.25, 0.3) is 32.1 Å². The minimum absolute atomic E-state index is 0.0177. The van der Waals surface area contributed by atoms with Gasteiger partial charge in [-0.15, -0.1) is 11.3 Å². The number of hydrogen-bond donors (Lipinski definition) is 2. The molecule has 0 radical (unpaired) electrons. The summed E-state index contributed by atoms with van der Waals surface area (Å²) in [6.45, 7) is 8.40. The van der Waals surface area contributed by atoms with E-state index in [2.05, 4.69) is 26.3 Å². The number of carbonyl (C=O) groups excluding carboxylic acids is 1. The van der Waals surface area contributed by atoms with Crippen LogP contribution in [0, 0.1) is 17.1 Å². The fourth-order valence-electron chi connectivity index (χ4n) is 6.07. The van der Waals surface area contributed by atoms with Crippen LogP contribution in [0.1, 0.15) is 57.2 Å². The first kappa shape index (κ1) is 30.3. The van der Waals surface area contributed by atoms with Crippen molar-refractivity contribution in [1.82, 2.24) is 14.9 Å². The van der Waals surface area contributed by atoms with Crippen LogP contribution in [-0.2, 0) is 22.7 Å². The first-order valence-electron chi connectivity index (χ1n) is 14.2. The zero-order valence-corrected chi connectivity index (χ0v) is 26.5. The van der Waals surface area contributed by atoms with Gasteiger partial charge in [0.1, 0.15) is 34.1 Å². The van der Waals surface area contributed by atoms with Crippen LogP contribution in [-0.4, -0.2) is 57.4 Å². The van der Waals surface area contributed by atoms with Gasteiger partial charge in [-0.25, -0.2) is 9.18 Å². The summed E-state index contributed by atoms with van der Waals surface area (Å²) in [6.07, 6.45) is 1.03. The molecule has 0 bridgehead atoms. The molecule has 1 amide bonds. The normalized spacial score (nSPS) is 17.5. The maximum atomic E-state index is 15.3. The summed E-state index contributed by atoms with van der Waals surface area (Å²) in [6, 6.07) is 5.13. The second-order valence-corrected chi connectivity index (χ2v) is 13.4. The quantitative estimate of drug-likeness (QED) is 0.234. The second-order valence-electron chi connectivity index (χ2n) is 12.0. The van der Waals surface area contributed by atoms with Crippen LogP contribution in [0.3, 0.4) is 0 Å². The number of benzene rings is 2. The van der Waals surface area contributed by atoms with Crippen molar-refractivity contribution in [3.8, 4) is 29.1 Å². The maximum absolute atomic E-state index is 15.3. The fourth-order valence-corrected chi connectivity index (χ4v) is 7.49. The summed E-state index contributed by atoms with van der Waals surface area (Å²) in [5, 5.41) is 24.9. The highest BCUT2D eigenvalue weighted by atomic mass is 35.5. The number of rotatable bonds is 5. The number of aromatic nitrogens is 2. The molecule has 2 aromatic heterocycles. The van der Waals surface area contributed by atoms with E-state index >= 15 is 4.39 Å². The number of thiophene rings is 1. The number of halogens is 2. The molecular weight excluding hydrogens is 609 g/mol. The van der Waals surface area contributed by atoms with Crippen LogP contribution < -0.4 is 10.1 Å². The number of ether oxygens (including phenoxy) is 3. The monoisotopic (exact) mass is 639 g/mol. The van der Waals surface area contributed by atoms with E-state index in [0.717, 1.165) is 30.7 Å². The molecule has 230 valence electrons. The van der Waals surface area contributed by atoms with E-state index in [-0.39, 0.29) is 68.4 Å². The van der Waals surface area contributed by atoms with Gasteiger partial charge in [-0.3, -0.25) is 10.2 Å². The number of nitrogens with zero attached hydrogens (tertiary/aromatic N) is 4. The molecule has 2 aromatic carbocycles. The van der Waals surface area contributed by atoms with Crippen molar-refractivity contribution >= 4 is 55.0 Å². The number of likely N-dealkylation sites (tertiary alicyclic amines) is 1. The minimum Gasteiger partial charge on any atom is -0.493 e. The van der Waals surface area contributed by atoms with Crippen LogP contribution in [0.2, 0.25) is 5.02 Å². The molecule has 13 heteroatoms. The number of aromatic hydroxyl groups is 1. The Morgan fingerprint density at radius 1 is 1.30 bits per heavy atom. The predicted octanol–water partition coefficient (Wildman–Crippen LogP) is 7.12. The Labute approximate surface area is 262 Å². The third kappa shape index (κ3) is 5.28. The van der Waals surface area contributed by atoms with Crippen molar-refractivity contribution in [3.63, 3.8) is 0 Å². The molecule has 4 aromatic rings. The van der Waals surface area contributed by atoms with Crippen LogP contribution in [0.4, 0.5) is 14.2 Å². The zero-order valence-electron chi connectivity index (χ0n) is 24.9. The number of nitriles is 1. The molecule has 10 nitrogen and oxygen atoms in total. The summed E-state index contributed by atoms with van der Waals surface area (Å²) in [4.78, 5) is 23.7. The van der Waals surface area contributed by atoms with Crippen molar-refractivity contribution in [3.05, 3.63) is 39.7 Å². The highest BCUT2D eigenvalue weighted by Crippen LogP contribution is 2.49. The zero-order chi connectivity index (χ0) is 31.5. The van der Waals surface area contributed by atoms with Crippen molar-refractivity contribution in [1.29, 1.82) is 5.26 Å². The Morgan fingerprint density at radius 3 is 2.73 bits per heavy atom. The van der Waals surface area contributed by atoms with E-state index in [9.17, 15) is 15.2 Å². The summed E-state index contributed by atoms with van der Waals surface area (Å²) >= 11 is 8.04. The third-order valence-corrected chi connectivity index (χ3v) is 9.44. The van der Waals surface area contributed by atoms with Gasteiger partial charge in [-0.2, -0.15) is 15.2 Å². The first-order chi connectivity index (χ1) is 20.9. The molecule has 2 aliphatic heterocycles. The molecule has 0 spiro atoms.